The van der Waals surface area contributed by atoms with Crippen LogP contribution in [0.15, 0.2) is 65.2 Å². The summed E-state index contributed by atoms with van der Waals surface area (Å²) in [6.45, 7) is 1.54. The highest BCUT2D eigenvalue weighted by Gasteiger charge is 2.30. The number of likely N-dealkylation sites (N-methyl/N-ethyl adjacent to an activating group) is 1. The maximum absolute atomic E-state index is 13.0. The Morgan fingerprint density at radius 2 is 1.74 bits per heavy atom. The van der Waals surface area contributed by atoms with Gasteiger partial charge in [-0.05, 0) is 30.7 Å². The van der Waals surface area contributed by atoms with Gasteiger partial charge in [0.1, 0.15) is 5.70 Å². The van der Waals surface area contributed by atoms with Crippen LogP contribution in [-0.2, 0) is 19.6 Å². The number of non-ortho nitro benzene ring substituents is 1. The molecule has 0 aliphatic heterocycles. The van der Waals surface area contributed by atoms with Crippen LogP contribution in [0.2, 0.25) is 0 Å². The van der Waals surface area contributed by atoms with Crippen LogP contribution in [0.4, 0.5) is 5.69 Å². The van der Waals surface area contributed by atoms with Crippen molar-refractivity contribution in [2.75, 3.05) is 13.7 Å². The number of hydrogen-bond acceptors (Lipinski definition) is 6. The number of sulfonamides is 1. The van der Waals surface area contributed by atoms with Crippen molar-refractivity contribution in [1.82, 2.24) is 4.31 Å². The molecule has 2 aromatic rings. The van der Waals surface area contributed by atoms with Crippen LogP contribution in [0, 0.1) is 10.1 Å². The minimum atomic E-state index is -4.13. The molecule has 0 aliphatic carbocycles. The molecular weight excluding hydrogens is 372 g/mol. The Labute approximate surface area is 156 Å². The van der Waals surface area contributed by atoms with E-state index in [2.05, 4.69) is 0 Å². The van der Waals surface area contributed by atoms with Crippen LogP contribution in [0.5, 0.6) is 0 Å². The number of ether oxygens (including phenoxy) is 1. The summed E-state index contributed by atoms with van der Waals surface area (Å²) in [7, 11) is -2.97. The summed E-state index contributed by atoms with van der Waals surface area (Å²) < 4.78 is 31.7. The Kier molecular flexibility index (Phi) is 6.30. The molecule has 0 aliphatic rings. The van der Waals surface area contributed by atoms with Gasteiger partial charge in [-0.1, -0.05) is 30.3 Å². The minimum absolute atomic E-state index is 0.0346. The first kappa shape index (κ1) is 20.1. The summed E-state index contributed by atoms with van der Waals surface area (Å²) in [5, 5.41) is 10.8. The molecule has 0 spiro atoms. The average molecular weight is 390 g/mol. The Hall–Kier alpha value is -3.20. The molecule has 0 saturated carbocycles. The Bertz CT molecular complexity index is 953. The van der Waals surface area contributed by atoms with Crippen LogP contribution < -0.4 is 0 Å². The van der Waals surface area contributed by atoms with Gasteiger partial charge in [0.2, 0.25) is 0 Å². The molecule has 2 rings (SSSR count). The second kappa shape index (κ2) is 8.45. The Morgan fingerprint density at radius 1 is 1.15 bits per heavy atom. The van der Waals surface area contributed by atoms with E-state index in [4.69, 9.17) is 4.74 Å². The van der Waals surface area contributed by atoms with Crippen LogP contribution in [0.3, 0.4) is 0 Å². The molecule has 142 valence electrons. The average Bonchev–Trinajstić information content (AvgIpc) is 2.67. The largest absolute Gasteiger partial charge is 0.464 e. The van der Waals surface area contributed by atoms with Gasteiger partial charge in [0, 0.05) is 18.7 Å². The van der Waals surface area contributed by atoms with Crippen LogP contribution >= 0.6 is 0 Å². The monoisotopic (exact) mass is 390 g/mol. The van der Waals surface area contributed by atoms with Crippen molar-refractivity contribution in [3.8, 4) is 0 Å². The molecular formula is C18H18N2O6S. The van der Waals surface area contributed by atoms with Crippen molar-refractivity contribution in [2.45, 2.75) is 11.8 Å². The number of benzene rings is 2. The topological polar surface area (TPSA) is 107 Å². The predicted molar refractivity (Wildman–Crippen MR) is 99.1 cm³/mol. The molecule has 0 atom stereocenters. The second-order valence-electron chi connectivity index (χ2n) is 5.35. The van der Waals surface area contributed by atoms with Crippen LogP contribution in [0.25, 0.3) is 6.08 Å². The molecule has 0 unspecified atom stereocenters. The molecule has 0 fully saturated rings. The van der Waals surface area contributed by atoms with Crippen LogP contribution in [-0.4, -0.2) is 37.3 Å². The lowest BCUT2D eigenvalue weighted by atomic mass is 10.2. The van der Waals surface area contributed by atoms with Gasteiger partial charge >= 0.3 is 5.97 Å². The fourth-order valence-corrected chi connectivity index (χ4v) is 3.84. The standard InChI is InChI=1S/C18H18N2O6S/c1-3-19(17(18(21)26-2)13-14-7-5-4-6-8-14)27(24,25)16-11-9-15(10-12-16)20(22)23/h4-13H,3H2,1-2H3/b17-13-. The molecule has 0 heterocycles. The maximum atomic E-state index is 13.0. The number of methoxy groups -OCH3 is 1. The quantitative estimate of drug-likeness (QED) is 0.311. The zero-order valence-electron chi connectivity index (χ0n) is 14.7. The molecule has 0 bridgehead atoms. The number of hydrogen-bond donors (Lipinski definition) is 0. The Morgan fingerprint density at radius 3 is 2.22 bits per heavy atom. The summed E-state index contributed by atoms with van der Waals surface area (Å²) in [5.41, 5.74) is 0.227. The molecule has 0 N–H and O–H groups in total. The van der Waals surface area contributed by atoms with Crippen LogP contribution in [0.1, 0.15) is 12.5 Å². The number of nitrogens with zero attached hydrogens (tertiary/aromatic N) is 2. The van der Waals surface area contributed by atoms with E-state index in [-0.39, 0.29) is 22.8 Å². The summed E-state index contributed by atoms with van der Waals surface area (Å²) >= 11 is 0. The molecule has 0 radical (unpaired) electrons. The first-order valence-corrected chi connectivity index (χ1v) is 9.37. The van der Waals surface area contributed by atoms with Gasteiger partial charge < -0.3 is 4.74 Å². The fraction of sp³-hybridized carbons (Fsp3) is 0.167. The van der Waals surface area contributed by atoms with Gasteiger partial charge in [0.25, 0.3) is 15.7 Å². The van der Waals surface area contributed by atoms with Crippen molar-refractivity contribution in [1.29, 1.82) is 0 Å². The lowest BCUT2D eigenvalue weighted by Gasteiger charge is -2.24. The second-order valence-corrected chi connectivity index (χ2v) is 7.21. The summed E-state index contributed by atoms with van der Waals surface area (Å²) in [6, 6.07) is 13.2. The number of nitro benzene ring substituents is 1. The van der Waals surface area contributed by atoms with Crippen molar-refractivity contribution >= 4 is 27.8 Å². The molecule has 9 heteroatoms. The maximum Gasteiger partial charge on any atom is 0.355 e. The van der Waals surface area contributed by atoms with E-state index in [0.717, 1.165) is 35.7 Å². The molecule has 0 amide bonds. The van der Waals surface area contributed by atoms with Gasteiger partial charge in [-0.3, -0.25) is 14.4 Å². The number of carbonyl (C=O) groups is 1. The highest BCUT2D eigenvalue weighted by Crippen LogP contribution is 2.24. The van der Waals surface area contributed by atoms with E-state index < -0.39 is 20.9 Å². The van der Waals surface area contributed by atoms with Crippen molar-refractivity contribution < 1.29 is 22.9 Å². The smallest absolute Gasteiger partial charge is 0.355 e. The lowest BCUT2D eigenvalue weighted by molar-refractivity contribution is -0.384. The number of carbonyl (C=O) groups excluding carboxylic acids is 1. The first-order valence-electron chi connectivity index (χ1n) is 7.93. The highest BCUT2D eigenvalue weighted by atomic mass is 32.2. The minimum Gasteiger partial charge on any atom is -0.464 e. The summed E-state index contributed by atoms with van der Waals surface area (Å²) in [6.07, 6.45) is 1.41. The zero-order valence-corrected chi connectivity index (χ0v) is 15.5. The first-order chi connectivity index (χ1) is 12.8. The highest BCUT2D eigenvalue weighted by molar-refractivity contribution is 7.89. The fourth-order valence-electron chi connectivity index (χ4n) is 2.38. The molecule has 27 heavy (non-hydrogen) atoms. The third kappa shape index (κ3) is 4.50. The van der Waals surface area contributed by atoms with Crippen molar-refractivity contribution in [3.05, 3.63) is 76.0 Å². The van der Waals surface area contributed by atoms with Gasteiger partial charge in [-0.2, -0.15) is 0 Å². The molecule has 0 aromatic heterocycles. The van der Waals surface area contributed by atoms with Gasteiger partial charge in [0.15, 0.2) is 0 Å². The summed E-state index contributed by atoms with van der Waals surface area (Å²) in [5.74, 6) is -0.814. The third-order valence-electron chi connectivity index (χ3n) is 3.69. The predicted octanol–water partition coefficient (Wildman–Crippen LogP) is 2.82. The third-order valence-corrected chi connectivity index (χ3v) is 5.59. The van der Waals surface area contributed by atoms with E-state index in [1.807, 2.05) is 0 Å². The van der Waals surface area contributed by atoms with Crippen molar-refractivity contribution in [2.24, 2.45) is 0 Å². The van der Waals surface area contributed by atoms with E-state index in [0.29, 0.717) is 5.56 Å². The number of esters is 1. The molecule has 0 saturated heterocycles. The number of rotatable bonds is 7. The molecule has 8 nitrogen and oxygen atoms in total. The van der Waals surface area contributed by atoms with Gasteiger partial charge in [0.05, 0.1) is 16.9 Å². The van der Waals surface area contributed by atoms with E-state index >= 15 is 0 Å². The van der Waals surface area contributed by atoms with E-state index in [9.17, 15) is 23.3 Å². The summed E-state index contributed by atoms with van der Waals surface area (Å²) in [4.78, 5) is 22.2. The zero-order chi connectivity index (χ0) is 20.0. The van der Waals surface area contributed by atoms with Gasteiger partial charge in [-0.15, -0.1) is 0 Å². The molecule has 2 aromatic carbocycles. The van der Waals surface area contributed by atoms with E-state index in [1.165, 1.54) is 6.08 Å². The normalized spacial score (nSPS) is 11.7. The number of nitro groups is 1. The lowest BCUT2D eigenvalue weighted by Crippen LogP contribution is -2.34. The van der Waals surface area contributed by atoms with E-state index in [1.54, 1.807) is 37.3 Å². The van der Waals surface area contributed by atoms with Crippen molar-refractivity contribution in [3.63, 3.8) is 0 Å². The Balaban J connectivity index is 2.53. The SMILES string of the molecule is CCN(/C(=C\c1ccccc1)C(=O)OC)S(=O)(=O)c1ccc([N+](=O)[O-])cc1. The van der Waals surface area contributed by atoms with Gasteiger partial charge in [-0.25, -0.2) is 13.2 Å².